The number of nitrogens with zero attached hydrogens (tertiary/aromatic N) is 3. The van der Waals surface area contributed by atoms with Gasteiger partial charge in [0.2, 0.25) is 17.7 Å². The first-order valence-electron chi connectivity index (χ1n) is 14.0. The molecular weight excluding hydrogens is 492 g/mol. The number of aromatic nitrogens is 2. The summed E-state index contributed by atoms with van der Waals surface area (Å²) in [6.07, 6.45) is 7.44. The van der Waals surface area contributed by atoms with Gasteiger partial charge in [-0.3, -0.25) is 19.4 Å². The fraction of sp³-hybridized carbons (Fsp3) is 0.467. The van der Waals surface area contributed by atoms with E-state index in [2.05, 4.69) is 46.5 Å². The summed E-state index contributed by atoms with van der Waals surface area (Å²) in [5.41, 5.74) is 10.5. The molecule has 2 aliphatic heterocycles. The number of benzene rings is 1. The average molecular weight is 531 g/mol. The van der Waals surface area contributed by atoms with E-state index in [0.29, 0.717) is 19.5 Å². The highest BCUT2D eigenvalue weighted by atomic mass is 16.2. The van der Waals surface area contributed by atoms with Crippen molar-refractivity contribution in [3.63, 3.8) is 0 Å². The number of hydrogen-bond donors (Lipinski definition) is 3. The molecule has 206 valence electrons. The Morgan fingerprint density at radius 3 is 2.67 bits per heavy atom. The molecule has 3 amide bonds. The highest BCUT2D eigenvalue weighted by Gasteiger charge is 2.41. The number of aryl methyl sites for hydroxylation is 1. The number of carbonyl (C=O) groups excluding carboxylic acids is 3. The first-order valence-corrected chi connectivity index (χ1v) is 14.0. The zero-order chi connectivity index (χ0) is 27.4. The van der Waals surface area contributed by atoms with Gasteiger partial charge in [-0.2, -0.15) is 0 Å². The molecule has 3 atom stereocenters. The number of nitrogens with two attached hydrogens (primary N) is 1. The van der Waals surface area contributed by atoms with Gasteiger partial charge in [-0.05, 0) is 62.6 Å². The molecule has 2 fully saturated rings. The van der Waals surface area contributed by atoms with Crippen LogP contribution in [-0.4, -0.2) is 69.2 Å². The summed E-state index contributed by atoms with van der Waals surface area (Å²) in [5.74, 6) is -0.249. The second-order valence-corrected chi connectivity index (χ2v) is 11.0. The topological polar surface area (TPSA) is 124 Å². The molecule has 39 heavy (non-hydrogen) atoms. The van der Waals surface area contributed by atoms with Crippen LogP contribution in [0.1, 0.15) is 48.9 Å². The Bertz CT molecular complexity index is 1280. The second-order valence-electron chi connectivity index (χ2n) is 11.0. The Hall–Kier alpha value is -3.72. The molecule has 1 aromatic carbocycles. The van der Waals surface area contributed by atoms with Crippen molar-refractivity contribution in [2.75, 3.05) is 19.6 Å². The molecule has 0 radical (unpaired) electrons. The number of aromatic amines is 1. The van der Waals surface area contributed by atoms with Crippen molar-refractivity contribution in [1.82, 2.24) is 25.1 Å². The van der Waals surface area contributed by atoms with Crippen LogP contribution in [0.5, 0.6) is 0 Å². The van der Waals surface area contributed by atoms with E-state index in [1.807, 2.05) is 17.0 Å². The van der Waals surface area contributed by atoms with Crippen LogP contribution >= 0.6 is 0 Å². The molecule has 0 aliphatic carbocycles. The fourth-order valence-electron chi connectivity index (χ4n) is 5.79. The first-order chi connectivity index (χ1) is 18.9. The van der Waals surface area contributed by atoms with Crippen LogP contribution in [0.4, 0.5) is 0 Å². The Kier molecular flexibility index (Phi) is 8.26. The maximum absolute atomic E-state index is 13.5. The Balaban J connectivity index is 1.24. The molecule has 2 aliphatic rings. The van der Waals surface area contributed by atoms with Gasteiger partial charge < -0.3 is 25.8 Å². The van der Waals surface area contributed by atoms with Crippen molar-refractivity contribution in [3.05, 3.63) is 65.6 Å². The van der Waals surface area contributed by atoms with Crippen molar-refractivity contribution >= 4 is 28.6 Å². The normalized spacial score (nSPS) is 19.9. The summed E-state index contributed by atoms with van der Waals surface area (Å²) in [6, 6.07) is 10.8. The predicted molar refractivity (Wildman–Crippen MR) is 149 cm³/mol. The largest absolute Gasteiger partial charge is 0.357 e. The lowest BCUT2D eigenvalue weighted by Crippen LogP contribution is -2.51. The van der Waals surface area contributed by atoms with Crippen LogP contribution in [0.25, 0.3) is 10.9 Å². The molecule has 9 heteroatoms. The molecule has 9 nitrogen and oxygen atoms in total. The number of fused-ring (bicyclic) bond motifs is 1. The minimum absolute atomic E-state index is 0.0530. The number of likely N-dealkylation sites (tertiary alicyclic amines) is 2. The summed E-state index contributed by atoms with van der Waals surface area (Å²) in [4.78, 5) is 50.4. The third-order valence-electron chi connectivity index (χ3n) is 7.99. The monoisotopic (exact) mass is 530 g/mol. The Morgan fingerprint density at radius 1 is 1.15 bits per heavy atom. The van der Waals surface area contributed by atoms with Crippen molar-refractivity contribution in [3.8, 4) is 0 Å². The molecule has 3 unspecified atom stereocenters. The van der Waals surface area contributed by atoms with Gasteiger partial charge in [0.15, 0.2) is 0 Å². The number of hydrogen-bond acceptors (Lipinski definition) is 5. The summed E-state index contributed by atoms with van der Waals surface area (Å²) in [6.45, 7) is 4.41. The smallest absolute Gasteiger partial charge is 0.243 e. The number of carbonyl (C=O) groups is 3. The van der Waals surface area contributed by atoms with Crippen LogP contribution in [0.2, 0.25) is 0 Å². The van der Waals surface area contributed by atoms with Crippen LogP contribution < -0.4 is 11.1 Å². The molecular formula is C30H38N6O3. The van der Waals surface area contributed by atoms with E-state index >= 15 is 0 Å². The van der Waals surface area contributed by atoms with Crippen LogP contribution in [-0.2, 0) is 27.3 Å². The minimum atomic E-state index is -0.814. The summed E-state index contributed by atoms with van der Waals surface area (Å²) < 4.78 is 0. The average Bonchev–Trinajstić information content (AvgIpc) is 3.71. The van der Waals surface area contributed by atoms with Crippen LogP contribution in [0, 0.1) is 12.8 Å². The van der Waals surface area contributed by atoms with E-state index in [1.165, 1.54) is 11.1 Å². The fourth-order valence-corrected chi connectivity index (χ4v) is 5.79. The molecule has 3 aromatic rings. The van der Waals surface area contributed by atoms with Gasteiger partial charge in [0.25, 0.3) is 0 Å². The standard InChI is InChI=1S/C30H38N6O3/c1-20-4-6-21(7-5-20)14-22-15-27(29(38)33-18-24-16-23-17-32-11-10-26(23)34-24)36(19-22)30(39)25(31)8-9-28(37)35-12-2-3-13-35/h4-7,10-11,16-17,22,25,27,34H,2-3,8-9,12-15,18-19,31H2,1H3,(H,33,38). The lowest BCUT2D eigenvalue weighted by atomic mass is 9.96. The first kappa shape index (κ1) is 26.9. The van der Waals surface area contributed by atoms with E-state index < -0.39 is 12.1 Å². The van der Waals surface area contributed by atoms with E-state index in [4.69, 9.17) is 5.73 Å². The van der Waals surface area contributed by atoms with E-state index in [1.54, 1.807) is 17.3 Å². The third kappa shape index (κ3) is 6.47. The molecule has 2 saturated heterocycles. The zero-order valence-electron chi connectivity index (χ0n) is 22.6. The molecule has 5 rings (SSSR count). The maximum Gasteiger partial charge on any atom is 0.243 e. The number of nitrogens with one attached hydrogen (secondary N) is 2. The molecule has 4 heterocycles. The van der Waals surface area contributed by atoms with E-state index in [0.717, 1.165) is 48.9 Å². The molecule has 0 saturated carbocycles. The number of amides is 3. The predicted octanol–water partition coefficient (Wildman–Crippen LogP) is 2.68. The van der Waals surface area contributed by atoms with Gasteiger partial charge in [-0.25, -0.2) is 0 Å². The molecule has 0 spiro atoms. The Morgan fingerprint density at radius 2 is 1.92 bits per heavy atom. The third-order valence-corrected chi connectivity index (χ3v) is 7.99. The number of pyridine rings is 1. The van der Waals surface area contributed by atoms with Gasteiger partial charge in [0.1, 0.15) is 6.04 Å². The lowest BCUT2D eigenvalue weighted by Gasteiger charge is -2.27. The van der Waals surface area contributed by atoms with Gasteiger partial charge in [0.05, 0.1) is 12.6 Å². The van der Waals surface area contributed by atoms with Crippen LogP contribution in [0.15, 0.2) is 48.8 Å². The number of rotatable bonds is 9. The van der Waals surface area contributed by atoms with Crippen LogP contribution in [0.3, 0.4) is 0 Å². The Labute approximate surface area is 229 Å². The van der Waals surface area contributed by atoms with Gasteiger partial charge in [0, 0.05) is 55.0 Å². The van der Waals surface area contributed by atoms with Crippen molar-refractivity contribution < 1.29 is 14.4 Å². The number of H-pyrrole nitrogens is 1. The van der Waals surface area contributed by atoms with E-state index in [-0.39, 0.29) is 36.5 Å². The molecule has 0 bridgehead atoms. The summed E-state index contributed by atoms with van der Waals surface area (Å²) in [5, 5.41) is 4.00. The molecule has 4 N–H and O–H groups in total. The van der Waals surface area contributed by atoms with Crippen molar-refractivity contribution in [2.45, 2.75) is 64.1 Å². The van der Waals surface area contributed by atoms with E-state index in [9.17, 15) is 14.4 Å². The highest BCUT2D eigenvalue weighted by Crippen LogP contribution is 2.28. The SMILES string of the molecule is Cc1ccc(CC2CC(C(=O)NCc3cc4cnccc4[nH]3)N(C(=O)C(N)CCC(=O)N3CCCC3)C2)cc1. The second kappa shape index (κ2) is 12.0. The summed E-state index contributed by atoms with van der Waals surface area (Å²) >= 11 is 0. The maximum atomic E-state index is 13.5. The zero-order valence-corrected chi connectivity index (χ0v) is 22.6. The van der Waals surface area contributed by atoms with Gasteiger partial charge in [-0.15, -0.1) is 0 Å². The minimum Gasteiger partial charge on any atom is -0.357 e. The molecule has 2 aromatic heterocycles. The van der Waals surface area contributed by atoms with Crippen molar-refractivity contribution in [2.24, 2.45) is 11.7 Å². The summed E-state index contributed by atoms with van der Waals surface area (Å²) in [7, 11) is 0. The van der Waals surface area contributed by atoms with Gasteiger partial charge >= 0.3 is 0 Å². The van der Waals surface area contributed by atoms with Crippen molar-refractivity contribution in [1.29, 1.82) is 0 Å². The van der Waals surface area contributed by atoms with Gasteiger partial charge in [-0.1, -0.05) is 29.8 Å². The highest BCUT2D eigenvalue weighted by molar-refractivity contribution is 5.91. The lowest BCUT2D eigenvalue weighted by molar-refractivity contribution is -0.140. The quantitative estimate of drug-likeness (QED) is 0.392.